The van der Waals surface area contributed by atoms with Crippen LogP contribution in [0.4, 0.5) is 0 Å². The van der Waals surface area contributed by atoms with E-state index in [2.05, 4.69) is 4.98 Å². The van der Waals surface area contributed by atoms with Crippen molar-refractivity contribution < 1.29 is 21.8 Å². The Balaban J connectivity index is 2.21. The first-order chi connectivity index (χ1) is 13.5. The second-order valence-corrected chi connectivity index (χ2v) is 15.5. The molecule has 0 amide bonds. The molecule has 4 atom stereocenters. The Morgan fingerprint density at radius 3 is 2.40 bits per heavy atom. The summed E-state index contributed by atoms with van der Waals surface area (Å²) in [5.74, 6) is 0. The molecule has 30 heavy (non-hydrogen) atoms. The summed E-state index contributed by atoms with van der Waals surface area (Å²) in [6.07, 6.45) is -1.57. The number of hydrogen-bond acceptors (Lipinski definition) is 8. The molecule has 2 aliphatic heterocycles. The number of rotatable bonds is 3. The highest BCUT2D eigenvalue weighted by Gasteiger charge is 2.65. The summed E-state index contributed by atoms with van der Waals surface area (Å²) < 4.78 is 43.8. The molecule has 1 spiro atoms. The summed E-state index contributed by atoms with van der Waals surface area (Å²) >= 11 is 0. The van der Waals surface area contributed by atoms with E-state index >= 15 is 0 Å². The fraction of sp³-hybridized carbons (Fsp3) is 0.667. The lowest BCUT2D eigenvalue weighted by molar-refractivity contribution is -0.0312. The predicted molar refractivity (Wildman–Crippen MR) is 113 cm³/mol. The minimum atomic E-state index is -4.05. The van der Waals surface area contributed by atoms with Crippen LogP contribution >= 0.6 is 0 Å². The highest BCUT2D eigenvalue weighted by molar-refractivity contribution is 7.90. The maximum absolute atomic E-state index is 12.6. The summed E-state index contributed by atoms with van der Waals surface area (Å²) in [6, 6.07) is 0. The minimum absolute atomic E-state index is 0.0459. The largest absolute Gasteiger partial charge is 0.406 e. The van der Waals surface area contributed by atoms with Crippen molar-refractivity contribution in [3.8, 4) is 0 Å². The fourth-order valence-corrected chi connectivity index (χ4v) is 6.01. The summed E-state index contributed by atoms with van der Waals surface area (Å²) in [5, 5.41) is 0.630. The zero-order valence-electron chi connectivity index (χ0n) is 18.2. The van der Waals surface area contributed by atoms with E-state index < -0.39 is 53.7 Å². The van der Waals surface area contributed by atoms with Crippen molar-refractivity contribution >= 4 is 18.4 Å². The van der Waals surface area contributed by atoms with Gasteiger partial charge in [-0.25, -0.2) is 8.98 Å². The molecule has 168 valence electrons. The van der Waals surface area contributed by atoms with Crippen LogP contribution in [0.15, 0.2) is 26.9 Å². The van der Waals surface area contributed by atoms with Gasteiger partial charge in [0.1, 0.15) is 6.10 Å². The first-order valence-corrected chi connectivity index (χ1v) is 14.0. The van der Waals surface area contributed by atoms with Gasteiger partial charge in [-0.15, -0.1) is 0 Å². The van der Waals surface area contributed by atoms with Crippen molar-refractivity contribution in [1.82, 2.24) is 9.55 Å². The van der Waals surface area contributed by atoms with Crippen molar-refractivity contribution in [2.75, 3.05) is 0 Å². The number of aryl methyl sites for hydroxylation is 1. The van der Waals surface area contributed by atoms with Gasteiger partial charge in [-0.3, -0.25) is 14.3 Å². The molecule has 1 aromatic heterocycles. The fourth-order valence-electron chi connectivity index (χ4n) is 3.48. The van der Waals surface area contributed by atoms with E-state index in [1.165, 1.54) is 10.8 Å². The van der Waals surface area contributed by atoms with Crippen LogP contribution in [0, 0.1) is 6.92 Å². The number of H-pyrrole nitrogens is 1. The monoisotopic (exact) mass is 459 g/mol. The second-order valence-electron chi connectivity index (χ2n) is 9.39. The topological polar surface area (TPSA) is 143 Å². The molecule has 3 N–H and O–H groups in total. The van der Waals surface area contributed by atoms with Crippen molar-refractivity contribution in [1.29, 1.82) is 0 Å². The molecule has 0 saturated carbocycles. The van der Waals surface area contributed by atoms with E-state index in [0.717, 1.165) is 5.41 Å². The van der Waals surface area contributed by atoms with Gasteiger partial charge in [0.2, 0.25) is 0 Å². The number of nitrogens with zero attached hydrogens (tertiary/aromatic N) is 1. The average molecular weight is 460 g/mol. The van der Waals surface area contributed by atoms with Gasteiger partial charge in [-0.1, -0.05) is 20.8 Å². The zero-order valence-corrected chi connectivity index (χ0v) is 20.0. The maximum atomic E-state index is 12.6. The number of hydrogen-bond donors (Lipinski definition) is 2. The van der Waals surface area contributed by atoms with Crippen LogP contribution < -0.4 is 17.0 Å². The number of ether oxygens (including phenoxy) is 1. The summed E-state index contributed by atoms with van der Waals surface area (Å²) in [7, 11) is -6.56. The molecule has 0 radical (unpaired) electrons. The zero-order chi connectivity index (χ0) is 22.9. The standard InChI is InChI=1S/C18H29N3O7SSi/c1-10-8-21(16(23)20-14(10)22)15-13(27-30(6,7)17(3,4)5)18(11(2)26-15)12(19)9-29(24,25)28-18/h8-9,11,13,15H,19H2,1-7H3,(H,20,22,23)/t11?,13-,15+,18?/m0/s1. The van der Waals surface area contributed by atoms with Gasteiger partial charge in [0.05, 0.1) is 17.2 Å². The Labute approximate surface area is 176 Å². The highest BCUT2D eigenvalue weighted by Crippen LogP contribution is 2.51. The second kappa shape index (κ2) is 6.89. The van der Waals surface area contributed by atoms with Crippen LogP contribution in [-0.2, 0) is 23.5 Å². The summed E-state index contributed by atoms with van der Waals surface area (Å²) in [5.41, 5.74) is 3.57. The number of nitrogens with one attached hydrogen (secondary N) is 1. The van der Waals surface area contributed by atoms with Crippen molar-refractivity contribution in [3.05, 3.63) is 43.7 Å². The number of aromatic nitrogens is 2. The number of nitrogens with two attached hydrogens (primary N) is 1. The molecule has 10 nitrogen and oxygen atoms in total. The third-order valence-electron chi connectivity index (χ3n) is 6.25. The van der Waals surface area contributed by atoms with E-state index in [-0.39, 0.29) is 10.7 Å². The molecule has 0 aliphatic carbocycles. The van der Waals surface area contributed by atoms with Crippen molar-refractivity contribution in [2.45, 2.75) is 76.8 Å². The van der Waals surface area contributed by atoms with Gasteiger partial charge >= 0.3 is 5.69 Å². The molecule has 1 fully saturated rings. The lowest BCUT2D eigenvalue weighted by Crippen LogP contribution is -2.57. The summed E-state index contributed by atoms with van der Waals surface area (Å²) in [6.45, 7) is 13.2. The first kappa shape index (κ1) is 22.9. The van der Waals surface area contributed by atoms with Crippen LogP contribution in [0.2, 0.25) is 18.1 Å². The van der Waals surface area contributed by atoms with Crippen molar-refractivity contribution in [3.63, 3.8) is 0 Å². The van der Waals surface area contributed by atoms with Crippen molar-refractivity contribution in [2.24, 2.45) is 5.73 Å². The molecule has 0 aromatic carbocycles. The van der Waals surface area contributed by atoms with E-state index in [0.29, 0.717) is 5.56 Å². The molecular formula is C18H29N3O7SSi. The van der Waals surface area contributed by atoms with E-state index in [4.69, 9.17) is 19.1 Å². The van der Waals surface area contributed by atoms with Crippen LogP contribution in [0.5, 0.6) is 0 Å². The predicted octanol–water partition coefficient (Wildman–Crippen LogP) is 1.05. The molecule has 1 saturated heterocycles. The minimum Gasteiger partial charge on any atom is -0.406 e. The van der Waals surface area contributed by atoms with Crippen LogP contribution in [0.1, 0.15) is 39.5 Å². The van der Waals surface area contributed by atoms with Gasteiger partial charge in [0, 0.05) is 11.8 Å². The average Bonchev–Trinajstić information content (AvgIpc) is 2.97. The quantitative estimate of drug-likeness (QED) is 0.504. The SMILES string of the molecule is Cc1cn([C@@H]2OC(C)C3(OS(=O)(=O)C=C3N)[C@H]2O[Si](C)(C)C(C)(C)C)c(=O)[nH]c1=O. The number of aromatic amines is 1. The van der Waals surface area contributed by atoms with Crippen LogP contribution in [0.3, 0.4) is 0 Å². The normalized spacial score (nSPS) is 31.3. The Hall–Kier alpha value is -1.73. The van der Waals surface area contributed by atoms with Gasteiger partial charge in [-0.2, -0.15) is 8.42 Å². The van der Waals surface area contributed by atoms with Crippen LogP contribution in [-0.4, -0.2) is 44.1 Å². The van der Waals surface area contributed by atoms with Gasteiger partial charge in [0.25, 0.3) is 15.7 Å². The molecule has 1 aromatic rings. The Morgan fingerprint density at radius 1 is 1.30 bits per heavy atom. The molecule has 12 heteroatoms. The highest BCUT2D eigenvalue weighted by atomic mass is 32.2. The van der Waals surface area contributed by atoms with Gasteiger partial charge in [-0.05, 0) is 32.0 Å². The third kappa shape index (κ3) is 3.50. The van der Waals surface area contributed by atoms with E-state index in [1.807, 2.05) is 33.9 Å². The maximum Gasteiger partial charge on any atom is 0.330 e. The Bertz CT molecular complexity index is 1120. The van der Waals surface area contributed by atoms with E-state index in [1.54, 1.807) is 13.8 Å². The molecule has 2 aliphatic rings. The Kier molecular flexibility index (Phi) is 5.27. The molecular weight excluding hydrogens is 430 g/mol. The lowest BCUT2D eigenvalue weighted by atomic mass is 9.90. The third-order valence-corrected chi connectivity index (χ3v) is 11.8. The Morgan fingerprint density at radius 2 is 1.90 bits per heavy atom. The molecule has 2 unspecified atom stereocenters. The molecule has 3 rings (SSSR count). The molecule has 3 heterocycles. The van der Waals surface area contributed by atoms with Gasteiger partial charge in [0.15, 0.2) is 20.1 Å². The summed E-state index contributed by atoms with van der Waals surface area (Å²) in [4.78, 5) is 26.7. The van der Waals surface area contributed by atoms with E-state index in [9.17, 15) is 18.0 Å². The van der Waals surface area contributed by atoms with Crippen LogP contribution in [0.25, 0.3) is 0 Å². The smallest absolute Gasteiger partial charge is 0.330 e. The molecule has 0 bridgehead atoms. The first-order valence-electron chi connectivity index (χ1n) is 9.60. The van der Waals surface area contributed by atoms with Gasteiger partial charge < -0.3 is 14.9 Å². The lowest BCUT2D eigenvalue weighted by Gasteiger charge is -2.43.